The normalized spacial score (nSPS) is 10.6. The summed E-state index contributed by atoms with van der Waals surface area (Å²) in [5.41, 5.74) is 8.41. The lowest BCUT2D eigenvalue weighted by Crippen LogP contribution is -1.95. The van der Waals surface area contributed by atoms with Crippen molar-refractivity contribution in [3.8, 4) is 17.2 Å². The van der Waals surface area contributed by atoms with Gasteiger partial charge in [0, 0.05) is 5.56 Å². The molecule has 2 aromatic rings. The van der Waals surface area contributed by atoms with E-state index >= 15 is 0 Å². The van der Waals surface area contributed by atoms with Crippen LogP contribution >= 0.6 is 0 Å². The molecule has 2 rings (SSSR count). The van der Waals surface area contributed by atoms with Gasteiger partial charge in [0.15, 0.2) is 0 Å². The van der Waals surface area contributed by atoms with Gasteiger partial charge in [-0.3, -0.25) is 0 Å². The molecule has 0 saturated heterocycles. The van der Waals surface area contributed by atoms with Gasteiger partial charge in [-0.15, -0.1) is 10.2 Å². The van der Waals surface area contributed by atoms with E-state index in [-0.39, 0.29) is 6.54 Å². The number of nitrogens with two attached hydrogens (primary N) is 1. The molecule has 0 aliphatic carbocycles. The summed E-state index contributed by atoms with van der Waals surface area (Å²) in [6, 6.07) is 3.93. The number of nitrogens with zero attached hydrogens (tertiary/aromatic N) is 2. The van der Waals surface area contributed by atoms with Gasteiger partial charge in [0.25, 0.3) is 0 Å². The molecule has 0 amide bonds. The molecule has 0 spiro atoms. The molecule has 0 atom stereocenters. The molecule has 1 heterocycles. The van der Waals surface area contributed by atoms with E-state index in [9.17, 15) is 0 Å². The second-order valence-corrected chi connectivity index (χ2v) is 3.84. The first-order chi connectivity index (χ1) is 8.15. The van der Waals surface area contributed by atoms with Crippen molar-refractivity contribution in [3.63, 3.8) is 0 Å². The first-order valence-corrected chi connectivity index (χ1v) is 5.33. The number of ether oxygens (including phenoxy) is 1. The van der Waals surface area contributed by atoms with Gasteiger partial charge in [-0.1, -0.05) is 0 Å². The average molecular weight is 233 g/mol. The SMILES string of the molecule is COc1cc(C)c(-c2nnc(CN)o2)cc1C. The van der Waals surface area contributed by atoms with Gasteiger partial charge < -0.3 is 14.9 Å². The predicted octanol–water partition coefficient (Wildman–Crippen LogP) is 1.82. The lowest BCUT2D eigenvalue weighted by atomic mass is 10.0. The molecule has 1 aromatic heterocycles. The Hall–Kier alpha value is -1.88. The van der Waals surface area contributed by atoms with Crippen molar-refractivity contribution in [1.29, 1.82) is 0 Å². The molecule has 90 valence electrons. The van der Waals surface area contributed by atoms with Crippen LogP contribution in [-0.2, 0) is 6.54 Å². The Morgan fingerprint density at radius 3 is 2.59 bits per heavy atom. The Morgan fingerprint density at radius 2 is 2.00 bits per heavy atom. The van der Waals surface area contributed by atoms with Crippen LogP contribution in [0, 0.1) is 13.8 Å². The minimum absolute atomic E-state index is 0.251. The van der Waals surface area contributed by atoms with Gasteiger partial charge in [0.1, 0.15) is 5.75 Å². The Kier molecular flexibility index (Phi) is 3.10. The fourth-order valence-electron chi connectivity index (χ4n) is 1.68. The van der Waals surface area contributed by atoms with Crippen molar-refractivity contribution in [1.82, 2.24) is 10.2 Å². The predicted molar refractivity (Wildman–Crippen MR) is 63.7 cm³/mol. The van der Waals surface area contributed by atoms with Crippen LogP contribution in [0.4, 0.5) is 0 Å². The zero-order valence-electron chi connectivity index (χ0n) is 10.2. The summed E-state index contributed by atoms with van der Waals surface area (Å²) in [5.74, 6) is 1.78. The van der Waals surface area contributed by atoms with Gasteiger partial charge in [-0.25, -0.2) is 0 Å². The molecule has 0 bridgehead atoms. The number of aryl methyl sites for hydroxylation is 2. The monoisotopic (exact) mass is 233 g/mol. The minimum Gasteiger partial charge on any atom is -0.496 e. The number of benzene rings is 1. The molecule has 0 fully saturated rings. The van der Waals surface area contributed by atoms with E-state index in [0.717, 1.165) is 22.4 Å². The molecule has 0 radical (unpaired) electrons. The van der Waals surface area contributed by atoms with Gasteiger partial charge in [0.05, 0.1) is 13.7 Å². The topological polar surface area (TPSA) is 74.2 Å². The maximum Gasteiger partial charge on any atom is 0.248 e. The number of methoxy groups -OCH3 is 1. The van der Waals surface area contributed by atoms with Crippen molar-refractivity contribution in [2.75, 3.05) is 7.11 Å². The third kappa shape index (κ3) is 2.14. The Morgan fingerprint density at radius 1 is 1.24 bits per heavy atom. The molecule has 0 unspecified atom stereocenters. The highest BCUT2D eigenvalue weighted by Crippen LogP contribution is 2.29. The fraction of sp³-hybridized carbons (Fsp3) is 0.333. The molecule has 5 heteroatoms. The summed E-state index contributed by atoms with van der Waals surface area (Å²) >= 11 is 0. The van der Waals surface area contributed by atoms with Crippen molar-refractivity contribution >= 4 is 0 Å². The van der Waals surface area contributed by atoms with Crippen LogP contribution in [0.15, 0.2) is 16.5 Å². The van der Waals surface area contributed by atoms with Crippen LogP contribution in [0.3, 0.4) is 0 Å². The second-order valence-electron chi connectivity index (χ2n) is 3.84. The van der Waals surface area contributed by atoms with Crippen LogP contribution in [0.1, 0.15) is 17.0 Å². The summed E-state index contributed by atoms with van der Waals surface area (Å²) < 4.78 is 10.7. The Bertz CT molecular complexity index is 535. The molecule has 1 aromatic carbocycles. The van der Waals surface area contributed by atoms with Crippen LogP contribution in [0.5, 0.6) is 5.75 Å². The van der Waals surface area contributed by atoms with Crippen LogP contribution in [0.2, 0.25) is 0 Å². The number of hydrogen-bond donors (Lipinski definition) is 1. The van der Waals surface area contributed by atoms with E-state index in [0.29, 0.717) is 11.8 Å². The molecule has 0 aliphatic heterocycles. The van der Waals surface area contributed by atoms with E-state index < -0.39 is 0 Å². The van der Waals surface area contributed by atoms with Crippen LogP contribution in [0.25, 0.3) is 11.5 Å². The van der Waals surface area contributed by atoms with Crippen molar-refractivity contribution in [3.05, 3.63) is 29.2 Å². The molecule has 0 saturated carbocycles. The van der Waals surface area contributed by atoms with Crippen molar-refractivity contribution in [2.24, 2.45) is 5.73 Å². The zero-order chi connectivity index (χ0) is 12.4. The smallest absolute Gasteiger partial charge is 0.248 e. The first kappa shape index (κ1) is 11.6. The molecule has 5 nitrogen and oxygen atoms in total. The molecule has 17 heavy (non-hydrogen) atoms. The second kappa shape index (κ2) is 4.55. The molecular formula is C12H15N3O2. The number of aromatic nitrogens is 2. The third-order valence-electron chi connectivity index (χ3n) is 2.61. The summed E-state index contributed by atoms with van der Waals surface area (Å²) in [5, 5.41) is 7.83. The standard InChI is InChI=1S/C12H15N3O2/c1-7-5-10(16-3)8(2)4-9(7)12-15-14-11(6-13)17-12/h4-5H,6,13H2,1-3H3. The highest BCUT2D eigenvalue weighted by molar-refractivity contribution is 5.62. The molecule has 0 aliphatic rings. The van der Waals surface area contributed by atoms with E-state index in [2.05, 4.69) is 10.2 Å². The highest BCUT2D eigenvalue weighted by Gasteiger charge is 2.12. The van der Waals surface area contributed by atoms with Gasteiger partial charge >= 0.3 is 0 Å². The lowest BCUT2D eigenvalue weighted by Gasteiger charge is -2.08. The maximum absolute atomic E-state index is 5.44. The van der Waals surface area contributed by atoms with E-state index in [4.69, 9.17) is 14.9 Å². The quantitative estimate of drug-likeness (QED) is 0.875. The first-order valence-electron chi connectivity index (χ1n) is 5.33. The van der Waals surface area contributed by atoms with Crippen molar-refractivity contribution in [2.45, 2.75) is 20.4 Å². The fourth-order valence-corrected chi connectivity index (χ4v) is 1.68. The van der Waals surface area contributed by atoms with E-state index in [1.54, 1.807) is 7.11 Å². The summed E-state index contributed by atoms with van der Waals surface area (Å²) in [7, 11) is 1.65. The van der Waals surface area contributed by atoms with E-state index in [1.165, 1.54) is 0 Å². The molecular weight excluding hydrogens is 218 g/mol. The largest absolute Gasteiger partial charge is 0.496 e. The van der Waals surface area contributed by atoms with Gasteiger partial charge in [0.2, 0.25) is 11.8 Å². The van der Waals surface area contributed by atoms with Gasteiger partial charge in [-0.2, -0.15) is 0 Å². The summed E-state index contributed by atoms with van der Waals surface area (Å²) in [4.78, 5) is 0. The summed E-state index contributed by atoms with van der Waals surface area (Å²) in [6.07, 6.45) is 0. The average Bonchev–Trinajstić information content (AvgIpc) is 2.80. The third-order valence-corrected chi connectivity index (χ3v) is 2.61. The van der Waals surface area contributed by atoms with E-state index in [1.807, 2.05) is 26.0 Å². The molecule has 2 N–H and O–H groups in total. The Balaban J connectivity index is 2.48. The summed E-state index contributed by atoms with van der Waals surface area (Å²) in [6.45, 7) is 4.20. The Labute approximate surface area is 99.6 Å². The maximum atomic E-state index is 5.44. The van der Waals surface area contributed by atoms with Crippen LogP contribution < -0.4 is 10.5 Å². The lowest BCUT2D eigenvalue weighted by molar-refractivity contribution is 0.411. The highest BCUT2D eigenvalue weighted by atomic mass is 16.5. The number of rotatable bonds is 3. The van der Waals surface area contributed by atoms with Crippen molar-refractivity contribution < 1.29 is 9.15 Å². The number of hydrogen-bond acceptors (Lipinski definition) is 5. The van der Waals surface area contributed by atoms with Gasteiger partial charge in [-0.05, 0) is 37.1 Å². The minimum atomic E-state index is 0.251. The zero-order valence-corrected chi connectivity index (χ0v) is 10.2. The van der Waals surface area contributed by atoms with Crippen LogP contribution in [-0.4, -0.2) is 17.3 Å².